The minimum atomic E-state index is -1.05. The van der Waals surface area contributed by atoms with Crippen molar-refractivity contribution in [3.63, 3.8) is 0 Å². The topological polar surface area (TPSA) is 364 Å². The lowest BCUT2D eigenvalue weighted by atomic mass is 9.91. The van der Waals surface area contributed by atoms with Crippen molar-refractivity contribution >= 4 is 71.8 Å². The molecule has 0 saturated carbocycles. The molecule has 1 amide bonds. The number of carbonyl (C=O) groups excluding carboxylic acids is 9. The van der Waals surface area contributed by atoms with Crippen molar-refractivity contribution in [3.05, 3.63) is 35.9 Å². The predicted octanol–water partition coefficient (Wildman–Crippen LogP) is 17.3. The molecule has 1 aromatic rings. The molecule has 0 saturated heterocycles. The molecule has 4 N–H and O–H groups in total. The lowest BCUT2D eigenvalue weighted by Crippen LogP contribution is -2.32. The number of alkyl carbamates (subject to hydrolysis) is 1. The van der Waals surface area contributed by atoms with E-state index in [0.717, 1.165) is 69.9 Å². The molecular weight excluding hydrogens is 1420 g/mol. The third-order valence-corrected chi connectivity index (χ3v) is 18.9. The number of likely N-dealkylation sites (N-methyl/N-ethyl adjacent to an activating group) is 1. The Hall–Kier alpha value is -7.38. The van der Waals surface area contributed by atoms with E-state index in [1.807, 2.05) is 174 Å². The van der Waals surface area contributed by atoms with Crippen molar-refractivity contribution in [2.75, 3.05) is 81.0 Å². The summed E-state index contributed by atoms with van der Waals surface area (Å²) in [6.07, 6.45) is 12.1. The molecule has 0 fully saturated rings. The molecule has 1 rings (SSSR count). The Kier molecular flexibility index (Phi) is 66.6. The lowest BCUT2D eigenvalue weighted by Gasteiger charge is -2.20. The van der Waals surface area contributed by atoms with E-state index < -0.39 is 51.6 Å². The van der Waals surface area contributed by atoms with Crippen LogP contribution in [0.25, 0.3) is 0 Å². The summed E-state index contributed by atoms with van der Waals surface area (Å²) in [6.45, 7) is 51.7. The molecule has 26 heteroatoms. The number of hydrogen-bond donors (Lipinski definition) is 4. The number of benzene rings is 1. The number of carbonyl (C=O) groups is 12. The average molecular weight is 1580 g/mol. The van der Waals surface area contributed by atoms with Gasteiger partial charge in [0.25, 0.3) is 0 Å². The van der Waals surface area contributed by atoms with E-state index in [-0.39, 0.29) is 103 Å². The summed E-state index contributed by atoms with van der Waals surface area (Å²) in [5.74, 6) is -3.91. The molecule has 1 aromatic carbocycles. The predicted molar refractivity (Wildman–Crippen MR) is 429 cm³/mol. The number of hydrogen-bond acceptors (Lipinski definition) is 22. The van der Waals surface area contributed by atoms with Gasteiger partial charge in [0.1, 0.15) is 33.0 Å². The first-order chi connectivity index (χ1) is 50.6. The monoisotopic (exact) mass is 1580 g/mol. The molecule has 0 bridgehead atoms. The van der Waals surface area contributed by atoms with E-state index >= 15 is 0 Å². The number of ether oxygens (including phenoxy) is 9. The quantitative estimate of drug-likeness (QED) is 0.0268. The van der Waals surface area contributed by atoms with Gasteiger partial charge in [0, 0.05) is 13.0 Å². The third kappa shape index (κ3) is 62.3. The zero-order chi connectivity index (χ0) is 87.4. The highest BCUT2D eigenvalue weighted by atomic mass is 16.6. The zero-order valence-electron chi connectivity index (χ0n) is 73.9. The number of carboxylic acid groups (broad SMARTS) is 3. The van der Waals surface area contributed by atoms with Gasteiger partial charge in [-0.3, -0.25) is 52.7 Å². The Morgan fingerprint density at radius 1 is 0.391 bits per heavy atom. The zero-order valence-corrected chi connectivity index (χ0v) is 73.9. The summed E-state index contributed by atoms with van der Waals surface area (Å²) < 4.78 is 44.7. The summed E-state index contributed by atoms with van der Waals surface area (Å²) in [4.78, 5) is 135. The van der Waals surface area contributed by atoms with Gasteiger partial charge in [0.05, 0.1) is 90.1 Å². The molecule has 0 aromatic heterocycles. The number of nitrogens with one attached hydrogen (secondary N) is 1. The van der Waals surface area contributed by atoms with E-state index in [1.54, 1.807) is 41.5 Å². The molecule has 644 valence electrons. The van der Waals surface area contributed by atoms with Crippen LogP contribution in [0.4, 0.5) is 4.79 Å². The maximum Gasteiger partial charge on any atom is 0.407 e. The molecule has 0 aliphatic rings. The number of unbranched alkanes of at least 4 members (excludes halogenated alkanes) is 3. The Morgan fingerprint density at radius 2 is 0.755 bits per heavy atom. The van der Waals surface area contributed by atoms with Gasteiger partial charge in [-0.15, -0.1) is 0 Å². The van der Waals surface area contributed by atoms with E-state index in [4.69, 9.17) is 48.5 Å². The second-order valence-electron chi connectivity index (χ2n) is 31.9. The molecule has 110 heavy (non-hydrogen) atoms. The van der Waals surface area contributed by atoms with Crippen LogP contribution in [0.3, 0.4) is 0 Å². The van der Waals surface area contributed by atoms with E-state index in [9.17, 15) is 57.5 Å². The van der Waals surface area contributed by atoms with E-state index in [1.165, 1.54) is 20.6 Å². The van der Waals surface area contributed by atoms with Crippen molar-refractivity contribution in [1.29, 1.82) is 0 Å². The third-order valence-electron chi connectivity index (χ3n) is 18.9. The molecule has 0 heterocycles. The Morgan fingerprint density at radius 3 is 1.09 bits per heavy atom. The van der Waals surface area contributed by atoms with Crippen LogP contribution in [0.5, 0.6) is 0 Å². The van der Waals surface area contributed by atoms with E-state index in [2.05, 4.69) is 28.6 Å². The summed E-state index contributed by atoms with van der Waals surface area (Å²) in [6, 6.07) is 9.72. The number of nitrogens with zero attached hydrogens (tertiary/aromatic N) is 1. The molecule has 0 aliphatic carbocycles. The molecule has 1 atom stereocenters. The Balaban J connectivity index is -0.000000232. The first-order valence-electron chi connectivity index (χ1n) is 39.1. The van der Waals surface area contributed by atoms with Gasteiger partial charge >= 0.3 is 71.8 Å². The van der Waals surface area contributed by atoms with Gasteiger partial charge in [-0.05, 0) is 213 Å². The van der Waals surface area contributed by atoms with Crippen LogP contribution in [0.15, 0.2) is 30.3 Å². The number of carboxylic acids is 3. The van der Waals surface area contributed by atoms with Crippen molar-refractivity contribution in [2.45, 2.75) is 302 Å². The summed E-state index contributed by atoms with van der Waals surface area (Å²) in [7, 11) is 6.75. The number of amides is 1. The van der Waals surface area contributed by atoms with Crippen LogP contribution in [0, 0.1) is 49.2 Å². The van der Waals surface area contributed by atoms with E-state index in [0.29, 0.717) is 70.9 Å². The van der Waals surface area contributed by atoms with Gasteiger partial charge in [0.2, 0.25) is 0 Å². The van der Waals surface area contributed by atoms with Crippen molar-refractivity contribution in [2.24, 2.45) is 49.2 Å². The van der Waals surface area contributed by atoms with Crippen LogP contribution in [-0.4, -0.2) is 173 Å². The fourth-order valence-electron chi connectivity index (χ4n) is 6.36. The number of methoxy groups -OCH3 is 2. The van der Waals surface area contributed by atoms with Crippen molar-refractivity contribution < 1.29 is 115 Å². The lowest BCUT2D eigenvalue weighted by molar-refractivity contribution is -0.159. The van der Waals surface area contributed by atoms with Crippen LogP contribution < -0.4 is 5.32 Å². The standard InChI is InChI=1S/C23H43NO6.C13H18O2.C12H20O6.C10H21NO2.2C7H14O2.2C6H12O2/c1-6-9-13-19(7-2)18-30-20(25)14-11-10-12-16-29-22(27)24-15-17-28-21(26)23(4,5)8-3;1-4-13(2,3)12(14)15-10-11-8-6-5-7-9-11;1-4-12(2,3)11(16)18-8-7-17-10(15)6-5-9(13)14;1-6-10(2,3)9(12)13-8-7-11(4)5;2*1-5-7(2,3)6(8)9-4;2*1-4-6(2,3)5(7)8/h19H,6-18H2,1-5H3,(H,24,27);5-9H,4,10H2,1-3H3;4-8H2,1-3H3,(H,13,14);6-8H2,1-5H3;2*5H2,1-4H3;2*4H2,1-3H3,(H,7,8). The Labute approximate surface area is 663 Å². The second kappa shape index (κ2) is 63.2. The summed E-state index contributed by atoms with van der Waals surface area (Å²) in [5.41, 5.74) is -2.46. The maximum atomic E-state index is 11.8. The van der Waals surface area contributed by atoms with Crippen LogP contribution in [-0.2, 0) is 102 Å². The molecule has 26 nitrogen and oxygen atoms in total. The molecule has 0 spiro atoms. The fourth-order valence-corrected chi connectivity index (χ4v) is 6.36. The number of rotatable bonds is 42. The molecule has 0 aliphatic heterocycles. The molecule has 0 radical (unpaired) electrons. The van der Waals surface area contributed by atoms with Gasteiger partial charge in [0.15, 0.2) is 0 Å². The van der Waals surface area contributed by atoms with Gasteiger partial charge in [-0.25, -0.2) is 4.79 Å². The van der Waals surface area contributed by atoms with Gasteiger partial charge < -0.3 is 68.2 Å². The van der Waals surface area contributed by atoms with Crippen LogP contribution in [0.1, 0.15) is 301 Å². The highest BCUT2D eigenvalue weighted by molar-refractivity contribution is 5.79. The summed E-state index contributed by atoms with van der Waals surface area (Å²) in [5, 5.41) is 27.8. The average Bonchev–Trinajstić information content (AvgIpc) is 0.898. The second-order valence-corrected chi connectivity index (χ2v) is 31.9. The maximum absolute atomic E-state index is 11.8. The number of aliphatic carboxylic acids is 3. The van der Waals surface area contributed by atoms with Crippen molar-refractivity contribution in [3.8, 4) is 0 Å². The van der Waals surface area contributed by atoms with Gasteiger partial charge in [-0.1, -0.05) is 119 Å². The van der Waals surface area contributed by atoms with Crippen LogP contribution >= 0.6 is 0 Å². The van der Waals surface area contributed by atoms with Crippen molar-refractivity contribution in [1.82, 2.24) is 10.2 Å². The largest absolute Gasteiger partial charge is 0.481 e. The SMILES string of the molecule is CCC(C)(C)C(=O)O.CCC(C)(C)C(=O)O.CCC(C)(C)C(=O)OC.CCC(C)(C)C(=O)OC.CCC(C)(C)C(=O)OCCN(C)C.CCC(C)(C)C(=O)OCCOC(=O)CCC(=O)O.CCC(C)(C)C(=O)OCc1ccccc1.CCCCC(CC)COC(=O)CCCCCOC(=O)NCCOC(=O)C(C)(C)CC. The fraction of sp³-hybridized carbons (Fsp3) is 0.786. The smallest absolute Gasteiger partial charge is 0.407 e. The first kappa shape index (κ1) is 116. The highest BCUT2D eigenvalue weighted by Crippen LogP contribution is 2.26. The normalized spacial score (nSPS) is 11.5. The summed E-state index contributed by atoms with van der Waals surface area (Å²) >= 11 is 0. The molecule has 1 unspecified atom stereocenters. The first-order valence-corrected chi connectivity index (χ1v) is 39.1. The minimum Gasteiger partial charge on any atom is -0.481 e. The number of esters is 8. The minimum absolute atomic E-state index is 0.0128. The van der Waals surface area contributed by atoms with Crippen LogP contribution in [0.2, 0.25) is 0 Å². The van der Waals surface area contributed by atoms with Gasteiger partial charge in [-0.2, -0.15) is 0 Å². The Bertz CT molecular complexity index is 2660. The molecular formula is C84H154N2O24. The highest BCUT2D eigenvalue weighted by Gasteiger charge is 2.31.